The summed E-state index contributed by atoms with van der Waals surface area (Å²) in [7, 11) is 1.36. The largest absolute Gasteiger partial charge is 0.465 e. The molecule has 1 fully saturated rings. The van der Waals surface area contributed by atoms with Crippen LogP contribution in [0.2, 0.25) is 0 Å². The molecule has 1 aliphatic rings. The lowest BCUT2D eigenvalue weighted by molar-refractivity contribution is 0.0503. The number of esters is 1. The van der Waals surface area contributed by atoms with E-state index in [2.05, 4.69) is 10.6 Å². The Bertz CT molecular complexity index is 563. The molecule has 1 amide bonds. The molecular formula is C17H24N2O4. The van der Waals surface area contributed by atoms with Gasteiger partial charge in [-0.3, -0.25) is 0 Å². The van der Waals surface area contributed by atoms with E-state index in [1.54, 1.807) is 12.1 Å². The van der Waals surface area contributed by atoms with Gasteiger partial charge in [0.1, 0.15) is 5.60 Å². The fraction of sp³-hybridized carbons (Fsp3) is 0.529. The first-order chi connectivity index (χ1) is 10.8. The predicted octanol–water partition coefficient (Wildman–Crippen LogP) is 2.05. The number of hydrogen-bond acceptors (Lipinski definition) is 5. The Hall–Kier alpha value is -2.08. The first-order valence-electron chi connectivity index (χ1n) is 7.68. The molecule has 1 aromatic rings. The van der Waals surface area contributed by atoms with Gasteiger partial charge in [-0.2, -0.15) is 0 Å². The summed E-state index contributed by atoms with van der Waals surface area (Å²) < 4.78 is 10.0. The Morgan fingerprint density at radius 3 is 2.39 bits per heavy atom. The molecule has 2 N–H and O–H groups in total. The van der Waals surface area contributed by atoms with Crippen LogP contribution in [0.15, 0.2) is 24.3 Å². The minimum Gasteiger partial charge on any atom is -0.465 e. The number of rotatable bonds is 3. The van der Waals surface area contributed by atoms with E-state index in [4.69, 9.17) is 9.47 Å². The van der Waals surface area contributed by atoms with Crippen molar-refractivity contribution in [3.8, 4) is 0 Å². The average molecular weight is 320 g/mol. The smallest absolute Gasteiger partial charge is 0.407 e. The molecular weight excluding hydrogens is 296 g/mol. The zero-order chi connectivity index (χ0) is 17.0. The first kappa shape index (κ1) is 17.3. The minimum atomic E-state index is -0.520. The highest BCUT2D eigenvalue weighted by Crippen LogP contribution is 2.24. The van der Waals surface area contributed by atoms with Gasteiger partial charge in [0, 0.05) is 19.0 Å². The lowest BCUT2D eigenvalue weighted by Gasteiger charge is -2.24. The molecule has 0 aromatic heterocycles. The van der Waals surface area contributed by atoms with Crippen molar-refractivity contribution in [2.24, 2.45) is 0 Å². The van der Waals surface area contributed by atoms with Crippen molar-refractivity contribution in [3.63, 3.8) is 0 Å². The molecule has 0 bridgehead atoms. The standard InChI is InChI=1S/C17H24N2O4/c1-17(2,3)23-16(21)19-14-10-18-9-13(14)11-5-7-12(8-6-11)15(20)22-4/h5-8,13-14,18H,9-10H2,1-4H3,(H,19,21). The van der Waals surface area contributed by atoms with E-state index in [1.807, 2.05) is 32.9 Å². The van der Waals surface area contributed by atoms with Crippen LogP contribution < -0.4 is 10.6 Å². The molecule has 2 rings (SSSR count). The number of ether oxygens (including phenoxy) is 2. The second-order valence-electron chi connectivity index (χ2n) is 6.63. The number of benzene rings is 1. The van der Waals surface area contributed by atoms with E-state index in [0.29, 0.717) is 12.1 Å². The van der Waals surface area contributed by atoms with E-state index in [1.165, 1.54) is 7.11 Å². The van der Waals surface area contributed by atoms with Crippen LogP contribution in [0.4, 0.5) is 4.79 Å². The van der Waals surface area contributed by atoms with Gasteiger partial charge in [0.05, 0.1) is 18.7 Å². The highest BCUT2D eigenvalue weighted by molar-refractivity contribution is 5.89. The van der Waals surface area contributed by atoms with Gasteiger partial charge in [-0.25, -0.2) is 9.59 Å². The third-order valence-corrected chi connectivity index (χ3v) is 3.68. The van der Waals surface area contributed by atoms with E-state index in [0.717, 1.165) is 12.1 Å². The zero-order valence-corrected chi connectivity index (χ0v) is 14.0. The van der Waals surface area contributed by atoms with Gasteiger partial charge in [0.15, 0.2) is 0 Å². The number of hydrogen-bond donors (Lipinski definition) is 2. The quantitative estimate of drug-likeness (QED) is 0.834. The molecule has 6 nitrogen and oxygen atoms in total. The molecule has 0 radical (unpaired) electrons. The number of methoxy groups -OCH3 is 1. The van der Waals surface area contributed by atoms with Gasteiger partial charge in [-0.05, 0) is 38.5 Å². The second-order valence-corrected chi connectivity index (χ2v) is 6.63. The molecule has 1 aromatic carbocycles. The molecule has 0 spiro atoms. The Morgan fingerprint density at radius 1 is 1.17 bits per heavy atom. The predicted molar refractivity (Wildman–Crippen MR) is 86.5 cm³/mol. The summed E-state index contributed by atoms with van der Waals surface area (Å²) in [6.45, 7) is 6.95. The Balaban J connectivity index is 2.04. The maximum atomic E-state index is 12.0. The van der Waals surface area contributed by atoms with Crippen molar-refractivity contribution in [2.75, 3.05) is 20.2 Å². The van der Waals surface area contributed by atoms with Gasteiger partial charge in [-0.1, -0.05) is 12.1 Å². The SMILES string of the molecule is COC(=O)c1ccc(C2CNCC2NC(=O)OC(C)(C)C)cc1. The normalized spacial score (nSPS) is 20.9. The summed E-state index contributed by atoms with van der Waals surface area (Å²) in [5.41, 5.74) is 1.05. The van der Waals surface area contributed by atoms with Crippen molar-refractivity contribution < 1.29 is 19.1 Å². The number of carbonyl (C=O) groups is 2. The lowest BCUT2D eigenvalue weighted by Crippen LogP contribution is -2.42. The fourth-order valence-corrected chi connectivity index (χ4v) is 2.62. The minimum absolute atomic E-state index is 0.0474. The maximum Gasteiger partial charge on any atom is 0.407 e. The third-order valence-electron chi connectivity index (χ3n) is 3.68. The Morgan fingerprint density at radius 2 is 1.83 bits per heavy atom. The summed E-state index contributed by atoms with van der Waals surface area (Å²) >= 11 is 0. The summed E-state index contributed by atoms with van der Waals surface area (Å²) in [5, 5.41) is 6.19. The monoisotopic (exact) mass is 320 g/mol. The molecule has 1 saturated heterocycles. The molecule has 1 aliphatic heterocycles. The molecule has 2 atom stereocenters. The highest BCUT2D eigenvalue weighted by Gasteiger charge is 2.31. The molecule has 23 heavy (non-hydrogen) atoms. The van der Waals surface area contributed by atoms with Crippen LogP contribution in [-0.4, -0.2) is 43.9 Å². The highest BCUT2D eigenvalue weighted by atomic mass is 16.6. The molecule has 6 heteroatoms. The summed E-state index contributed by atoms with van der Waals surface area (Å²) in [4.78, 5) is 23.4. The van der Waals surface area contributed by atoms with Crippen LogP contribution in [0.5, 0.6) is 0 Å². The molecule has 0 aliphatic carbocycles. The Kier molecular flexibility index (Phi) is 5.26. The van der Waals surface area contributed by atoms with Crippen LogP contribution in [0.25, 0.3) is 0 Å². The molecule has 0 saturated carbocycles. The van der Waals surface area contributed by atoms with Crippen LogP contribution in [0.1, 0.15) is 42.6 Å². The lowest BCUT2D eigenvalue weighted by atomic mass is 9.93. The fourth-order valence-electron chi connectivity index (χ4n) is 2.62. The van der Waals surface area contributed by atoms with Gasteiger partial charge in [0.2, 0.25) is 0 Å². The van der Waals surface area contributed by atoms with Crippen LogP contribution in [-0.2, 0) is 9.47 Å². The van der Waals surface area contributed by atoms with E-state index in [-0.39, 0.29) is 17.9 Å². The summed E-state index contributed by atoms with van der Waals surface area (Å²) in [6.07, 6.45) is -0.414. The molecule has 2 unspecified atom stereocenters. The third kappa shape index (κ3) is 4.69. The van der Waals surface area contributed by atoms with Gasteiger partial charge in [-0.15, -0.1) is 0 Å². The van der Waals surface area contributed by atoms with Crippen molar-refractivity contribution >= 4 is 12.1 Å². The summed E-state index contributed by atoms with van der Waals surface area (Å²) in [6, 6.07) is 7.23. The number of nitrogens with one attached hydrogen (secondary N) is 2. The van der Waals surface area contributed by atoms with Gasteiger partial charge < -0.3 is 20.1 Å². The maximum absolute atomic E-state index is 12.0. The molecule has 1 heterocycles. The first-order valence-corrected chi connectivity index (χ1v) is 7.68. The van der Waals surface area contributed by atoms with E-state index < -0.39 is 11.7 Å². The van der Waals surface area contributed by atoms with Crippen molar-refractivity contribution in [1.29, 1.82) is 0 Å². The Labute approximate surface area is 136 Å². The number of alkyl carbamates (subject to hydrolysis) is 1. The zero-order valence-electron chi connectivity index (χ0n) is 14.0. The van der Waals surface area contributed by atoms with Crippen molar-refractivity contribution in [1.82, 2.24) is 10.6 Å². The van der Waals surface area contributed by atoms with Gasteiger partial charge in [0.25, 0.3) is 0 Å². The van der Waals surface area contributed by atoms with E-state index >= 15 is 0 Å². The van der Waals surface area contributed by atoms with Crippen molar-refractivity contribution in [3.05, 3.63) is 35.4 Å². The second kappa shape index (κ2) is 7.00. The average Bonchev–Trinajstić information content (AvgIpc) is 2.92. The van der Waals surface area contributed by atoms with E-state index in [9.17, 15) is 9.59 Å². The van der Waals surface area contributed by atoms with Gasteiger partial charge >= 0.3 is 12.1 Å². The number of carbonyl (C=O) groups excluding carboxylic acids is 2. The van der Waals surface area contributed by atoms with Crippen LogP contribution in [0.3, 0.4) is 0 Å². The van der Waals surface area contributed by atoms with Crippen LogP contribution >= 0.6 is 0 Å². The van der Waals surface area contributed by atoms with Crippen LogP contribution in [0, 0.1) is 0 Å². The topological polar surface area (TPSA) is 76.7 Å². The summed E-state index contributed by atoms with van der Waals surface area (Å²) in [5.74, 6) is -0.223. The molecule has 126 valence electrons. The number of amides is 1. The van der Waals surface area contributed by atoms with Crippen molar-refractivity contribution in [2.45, 2.75) is 38.3 Å².